The molecule has 0 amide bonds. The molecule has 0 bridgehead atoms. The SMILES string of the molecule is CCc1ccccc1N=C(C)c1cccc(C(C)=Nc2ccccc2CC)n1.[Fe]. The molecule has 0 unspecified atom stereocenters. The first-order valence-electron chi connectivity index (χ1n) is 9.86. The molecule has 2 aromatic carbocycles. The van der Waals surface area contributed by atoms with Gasteiger partial charge in [-0.05, 0) is 62.1 Å². The Labute approximate surface area is 184 Å². The van der Waals surface area contributed by atoms with Crippen molar-refractivity contribution in [2.75, 3.05) is 0 Å². The summed E-state index contributed by atoms with van der Waals surface area (Å²) in [5, 5.41) is 0. The van der Waals surface area contributed by atoms with Crippen molar-refractivity contribution in [2.24, 2.45) is 9.98 Å². The largest absolute Gasteiger partial charge is 0.251 e. The zero-order valence-corrected chi connectivity index (χ0v) is 18.6. The molecule has 150 valence electrons. The van der Waals surface area contributed by atoms with Gasteiger partial charge in [0.25, 0.3) is 0 Å². The summed E-state index contributed by atoms with van der Waals surface area (Å²) >= 11 is 0. The van der Waals surface area contributed by atoms with Crippen molar-refractivity contribution in [1.29, 1.82) is 0 Å². The molecule has 0 aliphatic rings. The van der Waals surface area contributed by atoms with E-state index in [2.05, 4.69) is 50.2 Å². The van der Waals surface area contributed by atoms with Gasteiger partial charge in [0.1, 0.15) is 0 Å². The van der Waals surface area contributed by atoms with Crippen LogP contribution in [0.3, 0.4) is 0 Å². The first-order valence-corrected chi connectivity index (χ1v) is 9.86. The Hall–Kier alpha value is -2.55. The zero-order chi connectivity index (χ0) is 19.9. The molecule has 0 aliphatic heterocycles. The molecule has 0 N–H and O–H groups in total. The summed E-state index contributed by atoms with van der Waals surface area (Å²) in [5.41, 5.74) is 8.07. The molecular weight excluding hydrogens is 398 g/mol. The van der Waals surface area contributed by atoms with Crippen molar-refractivity contribution in [1.82, 2.24) is 4.98 Å². The number of aliphatic imine (C=N–C) groups is 2. The van der Waals surface area contributed by atoms with Gasteiger partial charge >= 0.3 is 0 Å². The monoisotopic (exact) mass is 425 g/mol. The minimum Gasteiger partial charge on any atom is -0.251 e. The molecule has 0 radical (unpaired) electrons. The number of aromatic nitrogens is 1. The van der Waals surface area contributed by atoms with Crippen molar-refractivity contribution < 1.29 is 17.1 Å². The average Bonchev–Trinajstić information content (AvgIpc) is 2.74. The second-order valence-electron chi connectivity index (χ2n) is 6.77. The van der Waals surface area contributed by atoms with Crippen LogP contribution >= 0.6 is 0 Å². The molecule has 3 rings (SSSR count). The van der Waals surface area contributed by atoms with Crippen LogP contribution in [0.4, 0.5) is 11.4 Å². The van der Waals surface area contributed by atoms with Gasteiger partial charge < -0.3 is 0 Å². The predicted molar refractivity (Wildman–Crippen MR) is 120 cm³/mol. The first kappa shape index (κ1) is 22.7. The molecule has 1 heterocycles. The van der Waals surface area contributed by atoms with Gasteiger partial charge in [-0.25, -0.2) is 4.98 Å². The smallest absolute Gasteiger partial charge is 0.0849 e. The first-order chi connectivity index (χ1) is 13.6. The molecule has 0 saturated carbocycles. The molecule has 1 aromatic heterocycles. The van der Waals surface area contributed by atoms with Crippen LogP contribution in [0.25, 0.3) is 0 Å². The fourth-order valence-electron chi connectivity index (χ4n) is 3.15. The molecule has 4 heteroatoms. The van der Waals surface area contributed by atoms with E-state index in [1.807, 2.05) is 44.2 Å². The third-order valence-corrected chi connectivity index (χ3v) is 4.81. The molecule has 0 fully saturated rings. The van der Waals surface area contributed by atoms with Gasteiger partial charge in [-0.2, -0.15) is 0 Å². The van der Waals surface area contributed by atoms with Crippen molar-refractivity contribution in [2.45, 2.75) is 40.5 Å². The van der Waals surface area contributed by atoms with Gasteiger partial charge in [0, 0.05) is 17.1 Å². The van der Waals surface area contributed by atoms with Crippen LogP contribution in [0.1, 0.15) is 50.2 Å². The van der Waals surface area contributed by atoms with Gasteiger partial charge in [0.05, 0.1) is 34.2 Å². The van der Waals surface area contributed by atoms with Crippen LogP contribution in [0.2, 0.25) is 0 Å². The number of para-hydroxylation sites is 2. The summed E-state index contributed by atoms with van der Waals surface area (Å²) in [6, 6.07) is 22.5. The molecule has 0 aliphatic carbocycles. The average molecular weight is 425 g/mol. The van der Waals surface area contributed by atoms with E-state index in [1.54, 1.807) is 0 Å². The Morgan fingerprint density at radius 1 is 0.655 bits per heavy atom. The third-order valence-electron chi connectivity index (χ3n) is 4.81. The summed E-state index contributed by atoms with van der Waals surface area (Å²) in [7, 11) is 0. The fourth-order valence-corrected chi connectivity index (χ4v) is 3.15. The van der Waals surface area contributed by atoms with E-state index < -0.39 is 0 Å². The number of aryl methyl sites for hydroxylation is 2. The standard InChI is InChI=1S/C25H27N3.Fe/c1-5-20-12-7-9-14-24(20)26-18(3)22-16-11-17-23(28-22)19(4)27-25-15-10-8-13-21(25)6-2;/h7-17H,5-6H2,1-4H3;. The van der Waals surface area contributed by atoms with Crippen LogP contribution in [-0.2, 0) is 29.9 Å². The van der Waals surface area contributed by atoms with Crippen molar-refractivity contribution in [3.8, 4) is 0 Å². The molecule has 0 atom stereocenters. The molecule has 0 spiro atoms. The Balaban J connectivity index is 0.00000300. The van der Waals surface area contributed by atoms with E-state index in [9.17, 15) is 0 Å². The maximum Gasteiger partial charge on any atom is 0.0849 e. The van der Waals surface area contributed by atoms with Crippen molar-refractivity contribution in [3.05, 3.63) is 89.2 Å². The number of rotatable bonds is 6. The van der Waals surface area contributed by atoms with Crippen LogP contribution in [-0.4, -0.2) is 16.4 Å². The van der Waals surface area contributed by atoms with E-state index in [4.69, 9.17) is 15.0 Å². The van der Waals surface area contributed by atoms with Crippen molar-refractivity contribution >= 4 is 22.8 Å². The number of pyridine rings is 1. The second-order valence-corrected chi connectivity index (χ2v) is 6.77. The van der Waals surface area contributed by atoms with Crippen LogP contribution in [0.15, 0.2) is 76.7 Å². The van der Waals surface area contributed by atoms with E-state index >= 15 is 0 Å². The molecular formula is C25H27FeN3. The van der Waals surface area contributed by atoms with Gasteiger partial charge in [-0.1, -0.05) is 56.3 Å². The minimum absolute atomic E-state index is 0. The van der Waals surface area contributed by atoms with Crippen LogP contribution in [0, 0.1) is 0 Å². The van der Waals surface area contributed by atoms with Gasteiger partial charge in [-0.15, -0.1) is 0 Å². The normalized spacial score (nSPS) is 11.9. The van der Waals surface area contributed by atoms with Crippen LogP contribution < -0.4 is 0 Å². The van der Waals surface area contributed by atoms with Gasteiger partial charge in [0.2, 0.25) is 0 Å². The molecule has 3 aromatic rings. The Kier molecular flexibility index (Phi) is 8.50. The predicted octanol–water partition coefficient (Wildman–Crippen LogP) is 6.49. The fraction of sp³-hybridized carbons (Fsp3) is 0.240. The number of hydrogen-bond acceptors (Lipinski definition) is 3. The summed E-state index contributed by atoms with van der Waals surface area (Å²) < 4.78 is 0. The Morgan fingerprint density at radius 3 is 1.48 bits per heavy atom. The number of nitrogens with zero attached hydrogens (tertiary/aromatic N) is 3. The van der Waals surface area contributed by atoms with E-state index in [0.717, 1.165) is 47.0 Å². The Morgan fingerprint density at radius 2 is 1.07 bits per heavy atom. The van der Waals surface area contributed by atoms with Gasteiger partial charge in [0.15, 0.2) is 0 Å². The maximum absolute atomic E-state index is 4.83. The summed E-state index contributed by atoms with van der Waals surface area (Å²) in [6.07, 6.45) is 1.92. The van der Waals surface area contributed by atoms with E-state index in [1.165, 1.54) is 11.1 Å². The number of hydrogen-bond donors (Lipinski definition) is 0. The summed E-state index contributed by atoms with van der Waals surface area (Å²) in [6.45, 7) is 8.32. The molecule has 3 nitrogen and oxygen atoms in total. The molecule has 0 saturated heterocycles. The van der Waals surface area contributed by atoms with Crippen molar-refractivity contribution in [3.63, 3.8) is 0 Å². The van der Waals surface area contributed by atoms with Gasteiger partial charge in [-0.3, -0.25) is 9.98 Å². The van der Waals surface area contributed by atoms with E-state index in [0.29, 0.717) is 0 Å². The number of benzene rings is 2. The van der Waals surface area contributed by atoms with Crippen LogP contribution in [0.5, 0.6) is 0 Å². The third kappa shape index (κ3) is 5.72. The maximum atomic E-state index is 4.83. The summed E-state index contributed by atoms with van der Waals surface area (Å²) in [5.74, 6) is 0. The quantitative estimate of drug-likeness (QED) is 0.329. The molecule has 29 heavy (non-hydrogen) atoms. The second kappa shape index (κ2) is 10.8. The Bertz CT molecular complexity index is 943. The van der Waals surface area contributed by atoms with E-state index in [-0.39, 0.29) is 17.1 Å². The topological polar surface area (TPSA) is 37.6 Å². The summed E-state index contributed by atoms with van der Waals surface area (Å²) in [4.78, 5) is 14.5. The zero-order valence-electron chi connectivity index (χ0n) is 17.5. The minimum atomic E-state index is 0.